The van der Waals surface area contributed by atoms with Crippen LogP contribution in [0.1, 0.15) is 18.9 Å². The third-order valence-electron chi connectivity index (χ3n) is 2.43. The molecule has 0 bridgehead atoms. The van der Waals surface area contributed by atoms with Crippen LogP contribution in [0.2, 0.25) is 0 Å². The van der Waals surface area contributed by atoms with Gasteiger partial charge >= 0.3 is 6.61 Å². The summed E-state index contributed by atoms with van der Waals surface area (Å²) in [4.78, 5) is 3.72. The highest BCUT2D eigenvalue weighted by atomic mass is 127. The molecular formula is C13H20F2IN3O2. The molecule has 1 rings (SSSR count). The largest absolute Gasteiger partial charge is 0.493 e. The van der Waals surface area contributed by atoms with Crippen LogP contribution in [-0.4, -0.2) is 26.2 Å². The highest BCUT2D eigenvalue weighted by Gasteiger charge is 2.11. The number of rotatable bonds is 7. The van der Waals surface area contributed by atoms with Crippen molar-refractivity contribution in [2.45, 2.75) is 26.5 Å². The Morgan fingerprint density at radius 1 is 1.43 bits per heavy atom. The number of hydrogen-bond acceptors (Lipinski definition) is 3. The zero-order valence-electron chi connectivity index (χ0n) is 11.9. The van der Waals surface area contributed by atoms with E-state index in [1.165, 1.54) is 13.1 Å². The van der Waals surface area contributed by atoms with Gasteiger partial charge in [-0.05, 0) is 18.6 Å². The first-order chi connectivity index (χ1) is 9.56. The molecule has 0 aliphatic carbocycles. The monoisotopic (exact) mass is 415 g/mol. The molecule has 0 unspecified atom stereocenters. The summed E-state index contributed by atoms with van der Waals surface area (Å²) >= 11 is 0. The number of guanidine groups is 1. The molecule has 0 radical (unpaired) electrons. The van der Waals surface area contributed by atoms with E-state index in [1.807, 2.05) is 6.92 Å². The van der Waals surface area contributed by atoms with E-state index in [4.69, 9.17) is 10.5 Å². The van der Waals surface area contributed by atoms with Crippen molar-refractivity contribution in [3.63, 3.8) is 0 Å². The first-order valence-electron chi connectivity index (χ1n) is 6.23. The molecule has 0 saturated heterocycles. The molecule has 0 amide bonds. The van der Waals surface area contributed by atoms with Crippen molar-refractivity contribution in [2.24, 2.45) is 10.7 Å². The molecule has 0 aromatic heterocycles. The van der Waals surface area contributed by atoms with Crippen LogP contribution in [-0.2, 0) is 6.54 Å². The maximum Gasteiger partial charge on any atom is 0.387 e. The zero-order valence-corrected chi connectivity index (χ0v) is 14.3. The Bertz CT molecular complexity index is 459. The fourth-order valence-corrected chi connectivity index (χ4v) is 1.46. The molecule has 3 N–H and O–H groups in total. The van der Waals surface area contributed by atoms with Gasteiger partial charge in [-0.2, -0.15) is 8.78 Å². The molecule has 0 aliphatic rings. The summed E-state index contributed by atoms with van der Waals surface area (Å²) in [5.74, 6) is 0.771. The summed E-state index contributed by atoms with van der Waals surface area (Å²) in [5.41, 5.74) is 6.04. The topological polar surface area (TPSA) is 68.9 Å². The summed E-state index contributed by atoms with van der Waals surface area (Å²) in [7, 11) is 1.53. The van der Waals surface area contributed by atoms with Crippen LogP contribution in [0.25, 0.3) is 0 Å². The second-order valence-corrected chi connectivity index (χ2v) is 3.96. The molecule has 0 atom stereocenters. The first-order valence-corrected chi connectivity index (χ1v) is 6.23. The van der Waals surface area contributed by atoms with Crippen molar-refractivity contribution in [1.29, 1.82) is 0 Å². The third kappa shape index (κ3) is 7.30. The second kappa shape index (κ2) is 10.4. The lowest BCUT2D eigenvalue weighted by molar-refractivity contribution is -0.0505. The molecular weight excluding hydrogens is 395 g/mol. The van der Waals surface area contributed by atoms with Gasteiger partial charge < -0.3 is 20.5 Å². The summed E-state index contributed by atoms with van der Waals surface area (Å²) in [5, 5.41) is 2.79. The van der Waals surface area contributed by atoms with Gasteiger partial charge in [-0.25, -0.2) is 0 Å². The Morgan fingerprint density at radius 2 is 2.14 bits per heavy atom. The SMILES string of the molecule is CCCOc1ccc(CNC(N)=NC)c(OC(F)F)c1.I. The van der Waals surface area contributed by atoms with Gasteiger partial charge in [0.1, 0.15) is 11.5 Å². The fraction of sp³-hybridized carbons (Fsp3) is 0.462. The number of benzene rings is 1. The Balaban J connectivity index is 0.00000400. The number of ether oxygens (including phenoxy) is 2. The number of halogens is 3. The van der Waals surface area contributed by atoms with Gasteiger partial charge in [0.2, 0.25) is 0 Å². The van der Waals surface area contributed by atoms with Crippen LogP contribution in [0.5, 0.6) is 11.5 Å². The van der Waals surface area contributed by atoms with E-state index < -0.39 is 6.61 Å². The lowest BCUT2D eigenvalue weighted by atomic mass is 10.2. The van der Waals surface area contributed by atoms with Gasteiger partial charge in [-0.15, -0.1) is 24.0 Å². The molecule has 1 aromatic carbocycles. The van der Waals surface area contributed by atoms with Gasteiger partial charge in [0, 0.05) is 25.2 Å². The average Bonchev–Trinajstić information content (AvgIpc) is 2.43. The van der Waals surface area contributed by atoms with Crippen molar-refractivity contribution >= 4 is 29.9 Å². The third-order valence-corrected chi connectivity index (χ3v) is 2.43. The average molecular weight is 415 g/mol. The van der Waals surface area contributed by atoms with Crippen LogP contribution in [0.4, 0.5) is 8.78 Å². The minimum atomic E-state index is -2.90. The van der Waals surface area contributed by atoms with E-state index in [1.54, 1.807) is 12.1 Å². The van der Waals surface area contributed by atoms with E-state index in [2.05, 4.69) is 15.0 Å². The molecule has 0 aliphatic heterocycles. The van der Waals surface area contributed by atoms with Crippen molar-refractivity contribution < 1.29 is 18.3 Å². The summed E-state index contributed by atoms with van der Waals surface area (Å²) in [6.07, 6.45) is 0.831. The van der Waals surface area contributed by atoms with Crippen molar-refractivity contribution in [2.75, 3.05) is 13.7 Å². The number of alkyl halides is 2. The number of aliphatic imine (C=N–C) groups is 1. The number of nitrogens with two attached hydrogens (primary N) is 1. The summed E-state index contributed by atoms with van der Waals surface area (Å²) < 4.78 is 34.7. The first kappa shape index (κ1) is 19.7. The van der Waals surface area contributed by atoms with Crippen LogP contribution >= 0.6 is 24.0 Å². The van der Waals surface area contributed by atoms with Crippen LogP contribution < -0.4 is 20.5 Å². The highest BCUT2D eigenvalue weighted by Crippen LogP contribution is 2.26. The molecule has 0 spiro atoms. The standard InChI is InChI=1S/C13H19F2N3O2.HI/c1-3-6-19-10-5-4-9(8-18-13(16)17-2)11(7-10)20-12(14)15;/h4-5,7,12H,3,6,8H2,1-2H3,(H3,16,17,18);1H. The molecule has 120 valence electrons. The molecule has 0 heterocycles. The van der Waals surface area contributed by atoms with E-state index in [0.29, 0.717) is 17.9 Å². The maximum absolute atomic E-state index is 12.4. The van der Waals surface area contributed by atoms with Crippen LogP contribution in [0, 0.1) is 0 Å². The lowest BCUT2D eigenvalue weighted by Gasteiger charge is -2.14. The number of nitrogens with one attached hydrogen (secondary N) is 1. The van der Waals surface area contributed by atoms with Crippen LogP contribution in [0.15, 0.2) is 23.2 Å². The molecule has 0 saturated carbocycles. The van der Waals surface area contributed by atoms with E-state index in [9.17, 15) is 8.78 Å². The van der Waals surface area contributed by atoms with Crippen molar-refractivity contribution in [3.8, 4) is 11.5 Å². The molecule has 21 heavy (non-hydrogen) atoms. The maximum atomic E-state index is 12.4. The van der Waals surface area contributed by atoms with E-state index in [-0.39, 0.29) is 42.2 Å². The predicted molar refractivity (Wildman–Crippen MR) is 88.7 cm³/mol. The highest BCUT2D eigenvalue weighted by molar-refractivity contribution is 14.0. The smallest absolute Gasteiger partial charge is 0.387 e. The fourth-order valence-electron chi connectivity index (χ4n) is 1.46. The Hall–Kier alpha value is -1.32. The second-order valence-electron chi connectivity index (χ2n) is 3.96. The van der Waals surface area contributed by atoms with Crippen molar-refractivity contribution in [1.82, 2.24) is 5.32 Å². The van der Waals surface area contributed by atoms with Gasteiger partial charge in [0.15, 0.2) is 5.96 Å². The normalized spacial score (nSPS) is 11.0. The Labute approximate surface area is 139 Å². The Morgan fingerprint density at radius 3 is 2.71 bits per heavy atom. The van der Waals surface area contributed by atoms with Crippen LogP contribution in [0.3, 0.4) is 0 Å². The predicted octanol–water partition coefficient (Wildman–Crippen LogP) is 2.73. The van der Waals surface area contributed by atoms with Gasteiger partial charge in [0.05, 0.1) is 6.61 Å². The van der Waals surface area contributed by atoms with Crippen molar-refractivity contribution in [3.05, 3.63) is 23.8 Å². The minimum Gasteiger partial charge on any atom is -0.493 e. The van der Waals surface area contributed by atoms with E-state index in [0.717, 1.165) is 6.42 Å². The molecule has 5 nitrogen and oxygen atoms in total. The van der Waals surface area contributed by atoms with Gasteiger partial charge in [-0.3, -0.25) is 4.99 Å². The van der Waals surface area contributed by atoms with E-state index >= 15 is 0 Å². The summed E-state index contributed by atoms with van der Waals surface area (Å²) in [6, 6.07) is 4.79. The quantitative estimate of drug-likeness (QED) is 0.408. The molecule has 1 aromatic rings. The summed E-state index contributed by atoms with van der Waals surface area (Å²) in [6.45, 7) is -0.185. The zero-order chi connectivity index (χ0) is 15.0. The molecule has 8 heteroatoms. The Kier molecular flexibility index (Phi) is 9.76. The number of nitrogens with zero attached hydrogens (tertiary/aromatic N) is 1. The lowest BCUT2D eigenvalue weighted by Crippen LogP contribution is -2.30. The molecule has 0 fully saturated rings. The number of hydrogen-bond donors (Lipinski definition) is 2. The van der Waals surface area contributed by atoms with Gasteiger partial charge in [-0.1, -0.05) is 6.92 Å². The van der Waals surface area contributed by atoms with Gasteiger partial charge in [0.25, 0.3) is 0 Å². The minimum absolute atomic E-state index is 0.